The van der Waals surface area contributed by atoms with Crippen molar-refractivity contribution in [2.75, 3.05) is 19.8 Å². The molecule has 5 heteroatoms. The van der Waals surface area contributed by atoms with Gasteiger partial charge in [-0.1, -0.05) is 37.6 Å². The SMILES string of the molecule is CCCCNC(N)=NCc1cccc(COC2CCOCC2)c1. The van der Waals surface area contributed by atoms with E-state index in [0.29, 0.717) is 25.2 Å². The maximum Gasteiger partial charge on any atom is 0.188 e. The summed E-state index contributed by atoms with van der Waals surface area (Å²) in [5.74, 6) is 0.516. The van der Waals surface area contributed by atoms with Crippen molar-refractivity contribution in [2.24, 2.45) is 10.7 Å². The quantitative estimate of drug-likeness (QED) is 0.439. The highest BCUT2D eigenvalue weighted by molar-refractivity contribution is 5.77. The lowest BCUT2D eigenvalue weighted by Crippen LogP contribution is -2.32. The first-order valence-electron chi connectivity index (χ1n) is 8.59. The Kier molecular flexibility index (Phi) is 7.90. The first-order chi connectivity index (χ1) is 11.3. The maximum atomic E-state index is 5.96. The molecule has 1 aromatic carbocycles. The Labute approximate surface area is 139 Å². The first kappa shape index (κ1) is 17.8. The molecule has 0 amide bonds. The van der Waals surface area contributed by atoms with Crippen LogP contribution < -0.4 is 11.1 Å². The Morgan fingerprint density at radius 1 is 1.35 bits per heavy atom. The van der Waals surface area contributed by atoms with Crippen LogP contribution in [0.5, 0.6) is 0 Å². The molecular formula is C18H29N3O2. The van der Waals surface area contributed by atoms with Gasteiger partial charge in [-0.3, -0.25) is 0 Å². The molecule has 1 aliphatic rings. The molecule has 0 saturated carbocycles. The number of nitrogens with one attached hydrogen (secondary N) is 1. The summed E-state index contributed by atoms with van der Waals surface area (Å²) in [6.45, 7) is 5.89. The average molecular weight is 319 g/mol. The van der Waals surface area contributed by atoms with E-state index >= 15 is 0 Å². The van der Waals surface area contributed by atoms with Gasteiger partial charge in [-0.15, -0.1) is 0 Å². The van der Waals surface area contributed by atoms with Gasteiger partial charge in [0.25, 0.3) is 0 Å². The van der Waals surface area contributed by atoms with E-state index in [9.17, 15) is 0 Å². The Morgan fingerprint density at radius 2 is 2.13 bits per heavy atom. The van der Waals surface area contributed by atoms with E-state index in [-0.39, 0.29) is 0 Å². The normalized spacial score (nSPS) is 16.5. The highest BCUT2D eigenvalue weighted by Crippen LogP contribution is 2.14. The minimum atomic E-state index is 0.323. The lowest BCUT2D eigenvalue weighted by molar-refractivity contribution is -0.0390. The molecule has 5 nitrogen and oxygen atoms in total. The summed E-state index contributed by atoms with van der Waals surface area (Å²) < 4.78 is 11.3. The third kappa shape index (κ3) is 7.01. The second-order valence-corrected chi connectivity index (χ2v) is 5.92. The summed E-state index contributed by atoms with van der Waals surface area (Å²) in [5, 5.41) is 3.13. The van der Waals surface area contributed by atoms with Gasteiger partial charge in [0, 0.05) is 19.8 Å². The van der Waals surface area contributed by atoms with E-state index in [4.69, 9.17) is 15.2 Å². The molecule has 1 aromatic rings. The predicted molar refractivity (Wildman–Crippen MR) is 93.3 cm³/mol. The van der Waals surface area contributed by atoms with Crippen molar-refractivity contribution in [1.82, 2.24) is 5.32 Å². The van der Waals surface area contributed by atoms with Crippen molar-refractivity contribution in [3.63, 3.8) is 0 Å². The van der Waals surface area contributed by atoms with Gasteiger partial charge in [-0.05, 0) is 30.4 Å². The Balaban J connectivity index is 1.78. The number of benzene rings is 1. The molecule has 0 unspecified atom stereocenters. The van der Waals surface area contributed by atoms with Crippen LogP contribution >= 0.6 is 0 Å². The van der Waals surface area contributed by atoms with Crippen LogP contribution in [0, 0.1) is 0 Å². The molecule has 1 fully saturated rings. The lowest BCUT2D eigenvalue weighted by atomic mass is 10.1. The molecule has 128 valence electrons. The predicted octanol–water partition coefficient (Wildman–Crippen LogP) is 2.59. The van der Waals surface area contributed by atoms with Crippen LogP contribution in [-0.4, -0.2) is 31.8 Å². The highest BCUT2D eigenvalue weighted by atomic mass is 16.5. The van der Waals surface area contributed by atoms with E-state index in [1.54, 1.807) is 0 Å². The second-order valence-electron chi connectivity index (χ2n) is 5.92. The van der Waals surface area contributed by atoms with E-state index in [2.05, 4.69) is 35.4 Å². The molecule has 1 aliphatic heterocycles. The molecular weight excluding hydrogens is 290 g/mol. The number of nitrogens with zero attached hydrogens (tertiary/aromatic N) is 1. The van der Waals surface area contributed by atoms with Gasteiger partial charge in [0.05, 0.1) is 19.3 Å². The van der Waals surface area contributed by atoms with Crippen molar-refractivity contribution in [2.45, 2.75) is 51.9 Å². The minimum Gasteiger partial charge on any atom is -0.381 e. The van der Waals surface area contributed by atoms with Crippen molar-refractivity contribution in [3.8, 4) is 0 Å². The number of ether oxygens (including phenoxy) is 2. The highest BCUT2D eigenvalue weighted by Gasteiger charge is 2.13. The van der Waals surface area contributed by atoms with Crippen LogP contribution in [0.3, 0.4) is 0 Å². The van der Waals surface area contributed by atoms with Crippen LogP contribution in [0.15, 0.2) is 29.3 Å². The number of guanidine groups is 1. The second kappa shape index (κ2) is 10.2. The molecule has 23 heavy (non-hydrogen) atoms. The third-order valence-electron chi connectivity index (χ3n) is 3.91. The van der Waals surface area contributed by atoms with Crippen molar-refractivity contribution in [1.29, 1.82) is 0 Å². The number of nitrogens with two attached hydrogens (primary N) is 1. The first-order valence-corrected chi connectivity index (χ1v) is 8.59. The van der Waals surface area contributed by atoms with Gasteiger partial charge in [0.2, 0.25) is 0 Å². The monoisotopic (exact) mass is 319 g/mol. The summed E-state index contributed by atoms with van der Waals surface area (Å²) in [7, 11) is 0. The third-order valence-corrected chi connectivity index (χ3v) is 3.91. The molecule has 2 rings (SSSR count). The Morgan fingerprint density at radius 3 is 2.91 bits per heavy atom. The maximum absolute atomic E-state index is 5.96. The van der Waals surface area contributed by atoms with Gasteiger partial charge >= 0.3 is 0 Å². The van der Waals surface area contributed by atoms with E-state index < -0.39 is 0 Å². The van der Waals surface area contributed by atoms with Gasteiger partial charge < -0.3 is 20.5 Å². The fourth-order valence-corrected chi connectivity index (χ4v) is 2.50. The molecule has 0 atom stereocenters. The molecule has 0 aliphatic carbocycles. The van der Waals surface area contributed by atoms with Gasteiger partial charge in [0.1, 0.15) is 0 Å². The molecule has 0 aromatic heterocycles. The topological polar surface area (TPSA) is 68.9 Å². The van der Waals surface area contributed by atoms with Crippen LogP contribution in [0.25, 0.3) is 0 Å². The van der Waals surface area contributed by atoms with Crippen LogP contribution in [0.1, 0.15) is 43.7 Å². The molecule has 0 spiro atoms. The molecule has 0 bridgehead atoms. The zero-order chi connectivity index (χ0) is 16.3. The van der Waals surface area contributed by atoms with Crippen molar-refractivity contribution >= 4 is 5.96 Å². The summed E-state index contributed by atoms with van der Waals surface area (Å²) in [6.07, 6.45) is 4.56. The lowest BCUT2D eigenvalue weighted by Gasteiger charge is -2.22. The van der Waals surface area contributed by atoms with Gasteiger partial charge in [0.15, 0.2) is 5.96 Å². The van der Waals surface area contributed by atoms with Crippen LogP contribution in [0.2, 0.25) is 0 Å². The van der Waals surface area contributed by atoms with E-state index in [1.165, 1.54) is 5.56 Å². The fourth-order valence-electron chi connectivity index (χ4n) is 2.50. The molecule has 1 heterocycles. The standard InChI is InChI=1S/C18H29N3O2/c1-2-3-9-20-18(19)21-13-15-5-4-6-16(12-15)14-23-17-7-10-22-11-8-17/h4-6,12,17H,2-3,7-11,13-14H2,1H3,(H3,19,20,21). The summed E-state index contributed by atoms with van der Waals surface area (Å²) in [4.78, 5) is 4.38. The van der Waals surface area contributed by atoms with Crippen molar-refractivity contribution < 1.29 is 9.47 Å². The summed E-state index contributed by atoms with van der Waals surface area (Å²) >= 11 is 0. The number of unbranched alkanes of at least 4 members (excludes halogenated alkanes) is 1. The summed E-state index contributed by atoms with van der Waals surface area (Å²) in [6, 6.07) is 8.35. The van der Waals surface area contributed by atoms with Gasteiger partial charge in [-0.2, -0.15) is 0 Å². The van der Waals surface area contributed by atoms with Crippen LogP contribution in [-0.2, 0) is 22.6 Å². The van der Waals surface area contributed by atoms with Gasteiger partial charge in [-0.25, -0.2) is 4.99 Å². The van der Waals surface area contributed by atoms with Crippen LogP contribution in [0.4, 0.5) is 0 Å². The van der Waals surface area contributed by atoms with E-state index in [0.717, 1.165) is 51.0 Å². The zero-order valence-electron chi connectivity index (χ0n) is 14.1. The average Bonchev–Trinajstić information content (AvgIpc) is 2.60. The Hall–Kier alpha value is -1.59. The fraction of sp³-hybridized carbons (Fsp3) is 0.611. The number of hydrogen-bond donors (Lipinski definition) is 2. The Bertz CT molecular complexity index is 485. The molecule has 3 N–H and O–H groups in total. The largest absolute Gasteiger partial charge is 0.381 e. The smallest absolute Gasteiger partial charge is 0.188 e. The summed E-state index contributed by atoms with van der Waals surface area (Å²) in [5.41, 5.74) is 8.19. The molecule has 1 saturated heterocycles. The van der Waals surface area contributed by atoms with E-state index in [1.807, 2.05) is 6.07 Å². The molecule has 0 radical (unpaired) electrons. The van der Waals surface area contributed by atoms with Crippen molar-refractivity contribution in [3.05, 3.63) is 35.4 Å². The zero-order valence-corrected chi connectivity index (χ0v) is 14.1. The minimum absolute atomic E-state index is 0.323. The number of hydrogen-bond acceptors (Lipinski definition) is 3. The number of aliphatic imine (C=N–C) groups is 1. The number of rotatable bonds is 8.